The first-order chi connectivity index (χ1) is 51.4. The van der Waals surface area contributed by atoms with E-state index in [0.29, 0.717) is 109 Å². The predicted molar refractivity (Wildman–Crippen MR) is 401 cm³/mol. The number of ether oxygens (including phenoxy) is 6. The van der Waals surface area contributed by atoms with E-state index in [1.54, 1.807) is 17.0 Å². The minimum absolute atomic E-state index is 0.00995. The van der Waals surface area contributed by atoms with Crippen LogP contribution in [0.5, 0.6) is 17.6 Å². The first-order valence-corrected chi connectivity index (χ1v) is 41.3. The van der Waals surface area contributed by atoms with E-state index in [-0.39, 0.29) is 109 Å². The molecular formula is C77H102N8O19S3. The van der Waals surface area contributed by atoms with Gasteiger partial charge in [-0.1, -0.05) is 86.6 Å². The number of nitrogens with zero attached hydrogens (tertiary/aromatic N) is 6. The van der Waals surface area contributed by atoms with Crippen molar-refractivity contribution in [3.8, 4) is 51.4 Å². The second-order valence-corrected chi connectivity index (χ2v) is 34.9. The molecule has 27 nitrogen and oxygen atoms in total. The Balaban J connectivity index is 0.000000172. The number of amides is 2. The summed E-state index contributed by atoms with van der Waals surface area (Å²) in [7, 11) is -11.9. The number of aryl methyl sites for hydroxylation is 3. The number of pyridine rings is 3. The summed E-state index contributed by atoms with van der Waals surface area (Å²) in [5, 5.41) is 37.3. The Kier molecular flexibility index (Phi) is 28.1. The lowest BCUT2D eigenvalue weighted by Gasteiger charge is -2.40. The largest absolute Gasteiger partial charge is 0.480 e. The maximum atomic E-state index is 13.5. The quantitative estimate of drug-likeness (QED) is 0.0242. The number of aliphatic hydroxyl groups excluding tert-OH is 1. The molecule has 2 amide bonds. The minimum Gasteiger partial charge on any atom is -0.480 e. The van der Waals surface area contributed by atoms with Crippen molar-refractivity contribution >= 4 is 47.9 Å². The zero-order valence-corrected chi connectivity index (χ0v) is 64.1. The number of carboxylic acid groups (broad SMARTS) is 1. The number of carbonyl (C=O) groups excluding carboxylic acids is 2. The molecule has 30 heteroatoms. The van der Waals surface area contributed by atoms with E-state index in [0.717, 1.165) is 68.9 Å². The molecule has 0 atom stereocenters. The Labute approximate surface area is 627 Å². The molecule has 6 aliphatic rings. The third-order valence-electron chi connectivity index (χ3n) is 21.6. The number of nitrogens with one attached hydrogen (secondary N) is 2. The van der Waals surface area contributed by atoms with Crippen LogP contribution in [0.2, 0.25) is 0 Å². The average molecular weight is 1540 g/mol. The number of aliphatic hydroxyl groups is 1. The number of sulfonamides is 3. The van der Waals surface area contributed by atoms with Gasteiger partial charge < -0.3 is 38.6 Å². The number of rotatable bonds is 24. The standard InChI is InChI=1S/C26H35N3O6S.C26H34N2O6S.C25H33N3O7S/c1-3-15-35-24-6-4-5-23(27-24)22-8-7-21(18-19(22)2)20-9-13-29(14-10-20)36(32,33)26(25(30)28-31)11-16-34-17-12-26;1-3-15-34-24-6-4-5-23(27-24)22-8-7-21(18-19(22)2)20-9-13-28(14-10-20)35(31,32)26(25(29)30)11-16-33-17-12-26;1-18-17-20(5-6-21(18)22-3-2-4-23(26-22)35-16-13-29)19-7-11-28(12-8-19)36(32,33)25(24(30)27-31)9-14-34-15-10-25/h4-8,18,20,31H,3,9-17H2,1-2H3,(H,28,30);4-8,18,20H,3,9-17H2,1-2H3,(H,29,30);2-6,17,19,29,31H,7-16H2,1H3,(H,27,30). The normalized spacial score (nSPS) is 19.2. The van der Waals surface area contributed by atoms with Crippen molar-refractivity contribution in [1.82, 2.24) is 38.8 Å². The SMILES string of the molecule is CCCOc1cccc(-c2ccc(C3CCN(S(=O)(=O)C4(C(=O)NO)CCOCC4)CC3)cc2C)n1.CCCOc1cccc(-c2ccc(C3CCN(S(=O)(=O)C4(C(=O)O)CCOCC4)CC3)cc2C)n1.Cc1cc(C2CCN(S(=O)(=O)C3(C(=O)NO)CCOCC3)CC2)ccc1-c1cccc(OCCO)n1. The van der Waals surface area contributed by atoms with Gasteiger partial charge in [0, 0.05) is 152 Å². The van der Waals surface area contributed by atoms with Crippen molar-refractivity contribution in [1.29, 1.82) is 0 Å². The second-order valence-electron chi connectivity index (χ2n) is 28.1. The molecule has 0 aliphatic carbocycles. The van der Waals surface area contributed by atoms with Crippen molar-refractivity contribution in [2.75, 3.05) is 105 Å². The van der Waals surface area contributed by atoms with Crippen LogP contribution in [0.3, 0.4) is 0 Å². The van der Waals surface area contributed by atoms with Crippen LogP contribution in [-0.2, 0) is 58.7 Å². The van der Waals surface area contributed by atoms with Gasteiger partial charge in [0.2, 0.25) is 47.7 Å². The van der Waals surface area contributed by atoms with Gasteiger partial charge in [-0.25, -0.2) is 64.1 Å². The van der Waals surface area contributed by atoms with Crippen molar-refractivity contribution < 1.29 is 88.7 Å². The maximum Gasteiger partial charge on any atom is 0.326 e. The smallest absolute Gasteiger partial charge is 0.326 e. The topological polar surface area (TPSA) is 362 Å². The van der Waals surface area contributed by atoms with E-state index in [4.69, 9.17) is 33.5 Å². The zero-order valence-electron chi connectivity index (χ0n) is 61.7. The minimum atomic E-state index is -3.98. The molecule has 6 N–H and O–H groups in total. The fraction of sp³-hybridized carbons (Fsp3) is 0.532. The molecule has 6 aliphatic heterocycles. The van der Waals surface area contributed by atoms with E-state index in [1.165, 1.54) is 24.0 Å². The van der Waals surface area contributed by atoms with E-state index in [2.05, 4.69) is 91.2 Å². The highest BCUT2D eigenvalue weighted by atomic mass is 32.2. The Morgan fingerprint density at radius 1 is 0.449 bits per heavy atom. The number of hydrogen-bond donors (Lipinski definition) is 6. The van der Waals surface area contributed by atoms with Crippen LogP contribution in [0.4, 0.5) is 0 Å². The summed E-state index contributed by atoms with van der Waals surface area (Å²) in [6, 6.07) is 35.9. The lowest BCUT2D eigenvalue weighted by Crippen LogP contribution is -2.60. The maximum absolute atomic E-state index is 13.5. The molecule has 3 aromatic carbocycles. The fourth-order valence-electron chi connectivity index (χ4n) is 15.3. The molecule has 0 bridgehead atoms. The molecule has 3 aromatic heterocycles. The molecule has 0 saturated carbocycles. The van der Waals surface area contributed by atoms with Gasteiger partial charge in [0.15, 0.2) is 14.2 Å². The Bertz CT molecular complexity index is 4190. The molecule has 0 spiro atoms. The fourth-order valence-corrected chi connectivity index (χ4v) is 21.7. The molecule has 0 radical (unpaired) electrons. The van der Waals surface area contributed by atoms with Gasteiger partial charge in [-0.2, -0.15) is 0 Å². The van der Waals surface area contributed by atoms with Crippen LogP contribution in [-0.4, -0.2) is 211 Å². The van der Waals surface area contributed by atoms with E-state index in [1.807, 2.05) is 61.5 Å². The van der Waals surface area contributed by atoms with Gasteiger partial charge in [0.05, 0.1) is 36.9 Å². The summed E-state index contributed by atoms with van der Waals surface area (Å²) in [4.78, 5) is 50.8. The van der Waals surface area contributed by atoms with Gasteiger partial charge in [-0.15, -0.1) is 0 Å². The monoisotopic (exact) mass is 1540 g/mol. The summed E-state index contributed by atoms with van der Waals surface area (Å²) in [6.07, 6.45) is 5.80. The second kappa shape index (κ2) is 36.7. The van der Waals surface area contributed by atoms with Crippen molar-refractivity contribution in [2.45, 2.75) is 157 Å². The number of benzene rings is 3. The van der Waals surface area contributed by atoms with E-state index in [9.17, 15) is 55.2 Å². The lowest BCUT2D eigenvalue weighted by atomic mass is 9.88. The van der Waals surface area contributed by atoms with Crippen LogP contribution < -0.4 is 25.2 Å². The van der Waals surface area contributed by atoms with Gasteiger partial charge in [-0.05, 0) is 141 Å². The van der Waals surface area contributed by atoms with Crippen molar-refractivity contribution in [2.24, 2.45) is 0 Å². The number of aromatic nitrogens is 3. The molecule has 107 heavy (non-hydrogen) atoms. The Morgan fingerprint density at radius 2 is 0.729 bits per heavy atom. The number of carbonyl (C=O) groups is 3. The number of carboxylic acids is 1. The van der Waals surface area contributed by atoms with Gasteiger partial charge >= 0.3 is 5.97 Å². The van der Waals surface area contributed by atoms with E-state index < -0.39 is 62.1 Å². The van der Waals surface area contributed by atoms with Crippen molar-refractivity contribution in [3.63, 3.8) is 0 Å². The number of hydroxylamine groups is 2. The van der Waals surface area contributed by atoms with Gasteiger partial charge in [0.25, 0.3) is 11.8 Å². The first-order valence-electron chi connectivity index (χ1n) is 37.0. The summed E-state index contributed by atoms with van der Waals surface area (Å²) >= 11 is 0. The highest BCUT2D eigenvalue weighted by Gasteiger charge is 2.57. The van der Waals surface area contributed by atoms with Gasteiger partial charge in [-0.3, -0.25) is 24.8 Å². The number of aliphatic carboxylic acids is 1. The summed E-state index contributed by atoms with van der Waals surface area (Å²) < 4.78 is 112. The van der Waals surface area contributed by atoms with Crippen LogP contribution in [0.25, 0.3) is 33.8 Å². The van der Waals surface area contributed by atoms with E-state index >= 15 is 0 Å². The summed E-state index contributed by atoms with van der Waals surface area (Å²) in [5.41, 5.74) is 15.4. The first kappa shape index (κ1) is 81.9. The van der Waals surface area contributed by atoms with Gasteiger partial charge in [0.1, 0.15) is 6.61 Å². The van der Waals surface area contributed by atoms with Crippen molar-refractivity contribution in [3.05, 3.63) is 143 Å². The molecule has 0 unspecified atom stereocenters. The lowest BCUT2D eigenvalue weighted by molar-refractivity contribution is -0.143. The average Bonchev–Trinajstić information content (AvgIpc) is 0.754. The number of hydrogen-bond acceptors (Lipinski definition) is 21. The van der Waals surface area contributed by atoms with Crippen LogP contribution in [0.15, 0.2) is 109 Å². The molecular weight excluding hydrogens is 1440 g/mol. The molecule has 12 rings (SSSR count). The van der Waals surface area contributed by atoms with Crippen LogP contribution >= 0.6 is 0 Å². The molecule has 6 aromatic rings. The highest BCUT2D eigenvalue weighted by molar-refractivity contribution is 7.92. The summed E-state index contributed by atoms with van der Waals surface area (Å²) in [6.45, 7) is 14.4. The molecule has 6 saturated heterocycles. The summed E-state index contributed by atoms with van der Waals surface area (Å²) in [5.74, 6) is -0.730. The Hall–Kier alpha value is -7.59. The molecule has 582 valence electrons. The zero-order chi connectivity index (χ0) is 76.6. The third kappa shape index (κ3) is 18.2. The van der Waals surface area contributed by atoms with Crippen LogP contribution in [0.1, 0.15) is 155 Å². The molecule has 6 fully saturated rings. The third-order valence-corrected chi connectivity index (χ3v) is 29.5. The highest BCUT2D eigenvalue weighted by Crippen LogP contribution is 2.42. The van der Waals surface area contributed by atoms with Crippen LogP contribution in [0, 0.1) is 20.8 Å². The number of piperidine rings is 3. The molecule has 9 heterocycles. The predicted octanol–water partition coefficient (Wildman–Crippen LogP) is 9.39. The Morgan fingerprint density at radius 3 is 0.991 bits per heavy atom.